The van der Waals surface area contributed by atoms with Gasteiger partial charge in [0, 0.05) is 5.41 Å². The van der Waals surface area contributed by atoms with Crippen LogP contribution in [-0.4, -0.2) is 42.3 Å². The van der Waals surface area contributed by atoms with E-state index in [-0.39, 0.29) is 57.3 Å². The Labute approximate surface area is 236 Å². The number of allylic oxidation sites excluding steroid dienone is 1. The maximum absolute atomic E-state index is 14.0. The van der Waals surface area contributed by atoms with Crippen LogP contribution in [0, 0.1) is 50.2 Å². The second kappa shape index (κ2) is 8.13. The average Bonchev–Trinajstić information content (AvgIpc) is 3.18. The molecule has 0 bridgehead atoms. The van der Waals surface area contributed by atoms with E-state index < -0.39 is 11.2 Å². The van der Waals surface area contributed by atoms with Crippen LogP contribution < -0.4 is 0 Å². The lowest BCUT2D eigenvalue weighted by Crippen LogP contribution is -2.72. The number of carbonyl (C=O) groups excluding carboxylic acids is 1. The van der Waals surface area contributed by atoms with E-state index in [9.17, 15) is 9.90 Å². The predicted octanol–water partition coefficient (Wildman–Crippen LogP) is 7.06. The smallest absolute Gasteiger partial charge is 0.315 e. The van der Waals surface area contributed by atoms with E-state index in [2.05, 4.69) is 54.5 Å². The first-order valence-electron chi connectivity index (χ1n) is 15.7. The fourth-order valence-electron chi connectivity index (χ4n) is 11.9. The molecule has 0 aromatic rings. The summed E-state index contributed by atoms with van der Waals surface area (Å²) in [5.41, 5.74) is 0.686. The number of ether oxygens (including phenoxy) is 3. The van der Waals surface area contributed by atoms with Gasteiger partial charge in [0.25, 0.3) is 0 Å². The Balaban J connectivity index is 1.55. The summed E-state index contributed by atoms with van der Waals surface area (Å²) in [4.78, 5) is 14.0. The van der Waals surface area contributed by atoms with Crippen LogP contribution in [0.2, 0.25) is 0 Å². The number of rotatable bonds is 1. The summed E-state index contributed by atoms with van der Waals surface area (Å²) in [7, 11) is 1.55. The van der Waals surface area contributed by atoms with E-state index in [1.807, 2.05) is 13.8 Å². The summed E-state index contributed by atoms with van der Waals surface area (Å²) in [5, 5.41) is 11.1. The van der Waals surface area contributed by atoms with Crippen LogP contribution in [-0.2, 0) is 19.0 Å². The maximum atomic E-state index is 14.0. The van der Waals surface area contributed by atoms with Gasteiger partial charge < -0.3 is 19.3 Å². The Morgan fingerprint density at radius 3 is 2.23 bits per heavy atom. The van der Waals surface area contributed by atoms with Crippen LogP contribution in [0.1, 0.15) is 114 Å². The van der Waals surface area contributed by atoms with Crippen molar-refractivity contribution in [3.05, 3.63) is 11.6 Å². The molecule has 10 unspecified atom stereocenters. The molecule has 4 saturated carbocycles. The lowest BCUT2D eigenvalue weighted by atomic mass is 9.32. The van der Waals surface area contributed by atoms with E-state index in [1.54, 1.807) is 7.11 Å². The van der Waals surface area contributed by atoms with Gasteiger partial charge in [0.15, 0.2) is 5.79 Å². The van der Waals surface area contributed by atoms with Crippen LogP contribution in [0.5, 0.6) is 0 Å². The Morgan fingerprint density at radius 2 is 1.56 bits per heavy atom. The van der Waals surface area contributed by atoms with Crippen molar-refractivity contribution in [1.82, 2.24) is 0 Å². The van der Waals surface area contributed by atoms with E-state index in [4.69, 9.17) is 14.2 Å². The first-order chi connectivity index (χ1) is 17.9. The van der Waals surface area contributed by atoms with Crippen LogP contribution >= 0.6 is 0 Å². The number of aliphatic hydroxyl groups excluding tert-OH is 1. The molecule has 10 atom stereocenters. The first kappa shape index (κ1) is 28.2. The molecule has 6 rings (SSSR count). The number of methoxy groups -OCH3 is 1. The summed E-state index contributed by atoms with van der Waals surface area (Å²) in [6.07, 6.45) is 9.74. The molecular formula is C34H54O5. The molecule has 5 fully saturated rings. The molecule has 5 aliphatic carbocycles. The molecule has 0 aromatic heterocycles. The molecule has 0 spiro atoms. The zero-order valence-electron chi connectivity index (χ0n) is 26.3. The second-order valence-corrected chi connectivity index (χ2v) is 17.0. The molecule has 5 heteroatoms. The van der Waals surface area contributed by atoms with Crippen molar-refractivity contribution in [3.8, 4) is 0 Å². The highest BCUT2D eigenvalue weighted by Crippen LogP contribution is 2.77. The lowest BCUT2D eigenvalue weighted by molar-refractivity contribution is -0.233. The van der Waals surface area contributed by atoms with Crippen molar-refractivity contribution in [2.24, 2.45) is 50.2 Å². The number of aliphatic hydroxyl groups is 1. The third kappa shape index (κ3) is 3.33. The standard InChI is InChI=1S/C34H54O5/c1-28(2)17-18-34(27(36)37-10)21(19-28)20-11-12-23-31(7)15-14-24(35)29(3,4)22(31)13-16-32(23,8)33(20,9)25-26(34)39-30(5,6)38-25/h11,21-26,35H,12-19H2,1-10H3. The Morgan fingerprint density at radius 1 is 0.897 bits per heavy atom. The molecule has 39 heavy (non-hydrogen) atoms. The van der Waals surface area contributed by atoms with Gasteiger partial charge in [-0.3, -0.25) is 4.79 Å². The van der Waals surface area contributed by atoms with Crippen LogP contribution in [0.3, 0.4) is 0 Å². The van der Waals surface area contributed by atoms with Crippen LogP contribution in [0.25, 0.3) is 0 Å². The number of esters is 1. The molecule has 0 radical (unpaired) electrons. The minimum absolute atomic E-state index is 0.00271. The van der Waals surface area contributed by atoms with Crippen LogP contribution in [0.4, 0.5) is 0 Å². The Bertz CT molecular complexity index is 1090. The Hall–Kier alpha value is -0.910. The minimum Gasteiger partial charge on any atom is -0.468 e. The quantitative estimate of drug-likeness (QED) is 0.284. The number of hydrogen-bond donors (Lipinski definition) is 1. The van der Waals surface area contributed by atoms with Gasteiger partial charge >= 0.3 is 5.97 Å². The van der Waals surface area contributed by atoms with Crippen LogP contribution in [0.15, 0.2) is 11.6 Å². The van der Waals surface area contributed by atoms with Crippen molar-refractivity contribution < 1.29 is 24.1 Å². The highest BCUT2D eigenvalue weighted by molar-refractivity contribution is 5.80. The van der Waals surface area contributed by atoms with Crippen molar-refractivity contribution in [3.63, 3.8) is 0 Å². The van der Waals surface area contributed by atoms with Gasteiger partial charge in [0.2, 0.25) is 0 Å². The van der Waals surface area contributed by atoms with Gasteiger partial charge in [-0.1, -0.05) is 60.1 Å². The van der Waals surface area contributed by atoms with Crippen molar-refractivity contribution in [2.45, 2.75) is 138 Å². The van der Waals surface area contributed by atoms with Crippen molar-refractivity contribution in [1.29, 1.82) is 0 Å². The van der Waals surface area contributed by atoms with Gasteiger partial charge in [0.05, 0.1) is 19.3 Å². The summed E-state index contributed by atoms with van der Waals surface area (Å²) in [6.45, 7) is 20.9. The fourth-order valence-corrected chi connectivity index (χ4v) is 11.9. The largest absolute Gasteiger partial charge is 0.468 e. The van der Waals surface area contributed by atoms with E-state index in [1.165, 1.54) is 5.57 Å². The van der Waals surface area contributed by atoms with Gasteiger partial charge in [-0.2, -0.15) is 0 Å². The molecule has 6 aliphatic rings. The summed E-state index contributed by atoms with van der Waals surface area (Å²) < 4.78 is 19.5. The molecule has 5 nitrogen and oxygen atoms in total. The van der Waals surface area contributed by atoms with Gasteiger partial charge in [-0.05, 0) is 105 Å². The van der Waals surface area contributed by atoms with Gasteiger partial charge in [-0.25, -0.2) is 0 Å². The van der Waals surface area contributed by atoms with E-state index in [0.29, 0.717) is 11.8 Å². The minimum atomic E-state index is -0.756. The SMILES string of the molecule is COC(=O)C12CCC(C)(C)CC1C1=CCC3C4(C)CCC(O)C(C)(C)C4CCC3(C)C1(C)C1OC(C)(C)OC12. The summed E-state index contributed by atoms with van der Waals surface area (Å²) in [5.74, 6) is 0.191. The van der Waals surface area contributed by atoms with E-state index >= 15 is 0 Å². The zero-order valence-corrected chi connectivity index (χ0v) is 26.3. The zero-order chi connectivity index (χ0) is 28.6. The summed E-state index contributed by atoms with van der Waals surface area (Å²) >= 11 is 0. The fraction of sp³-hybridized carbons (Fsp3) is 0.912. The normalized spacial score (nSPS) is 52.7. The third-order valence-corrected chi connectivity index (χ3v) is 14.1. The number of fused-ring (bicyclic) bond motifs is 10. The van der Waals surface area contributed by atoms with Gasteiger partial charge in [0.1, 0.15) is 11.5 Å². The molecule has 220 valence electrons. The number of hydrogen-bond acceptors (Lipinski definition) is 5. The maximum Gasteiger partial charge on any atom is 0.315 e. The highest BCUT2D eigenvalue weighted by atomic mass is 16.8. The second-order valence-electron chi connectivity index (χ2n) is 17.0. The predicted molar refractivity (Wildman–Crippen MR) is 152 cm³/mol. The molecule has 0 amide bonds. The monoisotopic (exact) mass is 542 g/mol. The molecule has 1 heterocycles. The summed E-state index contributed by atoms with van der Waals surface area (Å²) in [6, 6.07) is 0. The van der Waals surface area contributed by atoms with Crippen molar-refractivity contribution in [2.75, 3.05) is 7.11 Å². The lowest BCUT2D eigenvalue weighted by Gasteiger charge is -2.72. The molecule has 1 N–H and O–H groups in total. The topological polar surface area (TPSA) is 65.0 Å². The van der Waals surface area contributed by atoms with Crippen molar-refractivity contribution >= 4 is 5.97 Å². The highest BCUT2D eigenvalue weighted by Gasteiger charge is 2.77. The molecule has 0 aromatic carbocycles. The molecule has 1 saturated heterocycles. The molecular weight excluding hydrogens is 488 g/mol. The Kier molecular flexibility index (Phi) is 5.88. The number of carbonyl (C=O) groups is 1. The third-order valence-electron chi connectivity index (χ3n) is 14.1. The average molecular weight is 543 g/mol. The first-order valence-corrected chi connectivity index (χ1v) is 15.7. The van der Waals surface area contributed by atoms with E-state index in [0.717, 1.165) is 51.4 Å². The molecule has 1 aliphatic heterocycles. The van der Waals surface area contributed by atoms with Gasteiger partial charge in [-0.15, -0.1) is 0 Å².